The van der Waals surface area contributed by atoms with Crippen molar-refractivity contribution < 1.29 is 0 Å². The van der Waals surface area contributed by atoms with Crippen LogP contribution in [0.2, 0.25) is 0 Å². The van der Waals surface area contributed by atoms with E-state index in [-0.39, 0.29) is 0 Å². The van der Waals surface area contributed by atoms with Crippen molar-refractivity contribution in [2.45, 2.75) is 65.5 Å². The summed E-state index contributed by atoms with van der Waals surface area (Å²) in [5.41, 5.74) is 0. The smallest absolute Gasteiger partial charge is 0.0107 e. The van der Waals surface area contributed by atoms with Gasteiger partial charge in [-0.3, -0.25) is 0 Å². The average Bonchev–Trinajstić information content (AvgIpc) is 2.29. The van der Waals surface area contributed by atoms with Crippen LogP contribution < -0.4 is 5.32 Å². The van der Waals surface area contributed by atoms with Crippen LogP contribution in [0.1, 0.15) is 53.4 Å². The molecule has 2 unspecified atom stereocenters. The summed E-state index contributed by atoms with van der Waals surface area (Å²) in [7, 11) is 2.21. The molecule has 1 aliphatic carbocycles. The normalized spacial score (nSPS) is 26.1. The summed E-state index contributed by atoms with van der Waals surface area (Å²) in [6.45, 7) is 11.6. The highest BCUT2D eigenvalue weighted by molar-refractivity contribution is 4.79. The Morgan fingerprint density at radius 2 is 1.88 bits per heavy atom. The number of nitrogens with zero attached hydrogens (tertiary/aromatic N) is 1. The molecule has 2 atom stereocenters. The van der Waals surface area contributed by atoms with E-state index < -0.39 is 0 Å². The van der Waals surface area contributed by atoms with E-state index in [4.69, 9.17) is 0 Å². The first-order valence-electron chi connectivity index (χ1n) is 7.44. The van der Waals surface area contributed by atoms with Gasteiger partial charge >= 0.3 is 0 Å². The van der Waals surface area contributed by atoms with Crippen molar-refractivity contribution in [3.63, 3.8) is 0 Å². The molecule has 0 radical (unpaired) electrons. The van der Waals surface area contributed by atoms with Gasteiger partial charge in [-0.25, -0.2) is 0 Å². The van der Waals surface area contributed by atoms with Gasteiger partial charge in [-0.05, 0) is 45.6 Å². The van der Waals surface area contributed by atoms with Crippen LogP contribution in [-0.4, -0.2) is 37.1 Å². The first kappa shape index (κ1) is 15.0. The van der Waals surface area contributed by atoms with Crippen LogP contribution >= 0.6 is 0 Å². The van der Waals surface area contributed by atoms with E-state index >= 15 is 0 Å². The van der Waals surface area contributed by atoms with Gasteiger partial charge in [-0.15, -0.1) is 0 Å². The van der Waals surface area contributed by atoms with Crippen molar-refractivity contribution in [3.05, 3.63) is 0 Å². The molecular weight excluding hydrogens is 208 g/mol. The van der Waals surface area contributed by atoms with E-state index in [2.05, 4.69) is 45.0 Å². The van der Waals surface area contributed by atoms with Crippen LogP contribution in [-0.2, 0) is 0 Å². The Bertz CT molecular complexity index is 201. The van der Waals surface area contributed by atoms with Gasteiger partial charge in [0.2, 0.25) is 0 Å². The molecule has 0 heterocycles. The molecule has 17 heavy (non-hydrogen) atoms. The molecule has 0 aromatic carbocycles. The Balaban J connectivity index is 2.18. The predicted octanol–water partition coefficient (Wildman–Crippen LogP) is 3.13. The van der Waals surface area contributed by atoms with E-state index in [1.807, 2.05) is 0 Å². The third-order valence-electron chi connectivity index (χ3n) is 4.44. The quantitative estimate of drug-likeness (QED) is 0.767. The van der Waals surface area contributed by atoms with Crippen molar-refractivity contribution >= 4 is 0 Å². The van der Waals surface area contributed by atoms with E-state index in [1.54, 1.807) is 0 Å². The molecule has 1 N–H and O–H groups in total. The third kappa shape index (κ3) is 5.39. The minimum atomic E-state index is 0.659. The number of hydrogen-bond acceptors (Lipinski definition) is 2. The van der Waals surface area contributed by atoms with Crippen molar-refractivity contribution in [1.29, 1.82) is 0 Å². The molecule has 0 bridgehead atoms. The van der Waals surface area contributed by atoms with Crippen LogP contribution in [0.4, 0.5) is 0 Å². The topological polar surface area (TPSA) is 15.3 Å². The molecule has 0 saturated heterocycles. The second-order valence-corrected chi connectivity index (χ2v) is 6.40. The second-order valence-electron chi connectivity index (χ2n) is 6.40. The van der Waals surface area contributed by atoms with E-state index in [0.717, 1.165) is 24.4 Å². The lowest BCUT2D eigenvalue weighted by atomic mass is 9.79. The summed E-state index contributed by atoms with van der Waals surface area (Å²) in [6.07, 6.45) is 5.64. The molecule has 0 spiro atoms. The van der Waals surface area contributed by atoms with Gasteiger partial charge in [0.15, 0.2) is 0 Å². The highest BCUT2D eigenvalue weighted by atomic mass is 15.1. The molecule has 1 aliphatic rings. The van der Waals surface area contributed by atoms with E-state index in [0.29, 0.717) is 6.04 Å². The molecule has 1 rings (SSSR count). The molecule has 102 valence electrons. The Morgan fingerprint density at radius 3 is 2.47 bits per heavy atom. The number of nitrogens with one attached hydrogen (secondary N) is 1. The molecule has 0 aliphatic heterocycles. The fourth-order valence-electron chi connectivity index (χ4n) is 2.72. The average molecular weight is 240 g/mol. The zero-order valence-electron chi connectivity index (χ0n) is 12.5. The SMILES string of the molecule is CC(C)C1CCCC(NCCN(C)C(C)C)C1. The maximum Gasteiger partial charge on any atom is 0.0107 e. The maximum absolute atomic E-state index is 3.75. The van der Waals surface area contributed by atoms with Crippen LogP contribution in [0.3, 0.4) is 0 Å². The Hall–Kier alpha value is -0.0800. The van der Waals surface area contributed by atoms with Gasteiger partial charge in [0.1, 0.15) is 0 Å². The van der Waals surface area contributed by atoms with E-state index in [9.17, 15) is 0 Å². The van der Waals surface area contributed by atoms with Gasteiger partial charge in [0.05, 0.1) is 0 Å². The lowest BCUT2D eigenvalue weighted by molar-refractivity contribution is 0.218. The Labute approximate surface area is 108 Å². The summed E-state index contributed by atoms with van der Waals surface area (Å²) in [4.78, 5) is 2.41. The minimum absolute atomic E-state index is 0.659. The molecule has 0 aromatic heterocycles. The largest absolute Gasteiger partial charge is 0.313 e. The van der Waals surface area contributed by atoms with Gasteiger partial charge < -0.3 is 10.2 Å². The monoisotopic (exact) mass is 240 g/mol. The number of hydrogen-bond donors (Lipinski definition) is 1. The summed E-state index contributed by atoms with van der Waals surface area (Å²) < 4.78 is 0. The standard InChI is InChI=1S/C15H32N2/c1-12(2)14-7-6-8-15(11-14)16-9-10-17(5)13(3)4/h12-16H,6-11H2,1-5H3. The predicted molar refractivity (Wildman–Crippen MR) is 76.4 cm³/mol. The Morgan fingerprint density at radius 1 is 1.18 bits per heavy atom. The molecule has 1 fully saturated rings. The van der Waals surface area contributed by atoms with Crippen LogP contribution in [0, 0.1) is 11.8 Å². The minimum Gasteiger partial charge on any atom is -0.313 e. The molecule has 0 aromatic rings. The summed E-state index contributed by atoms with van der Waals surface area (Å²) in [5.74, 6) is 1.81. The van der Waals surface area contributed by atoms with Crippen molar-refractivity contribution in [2.24, 2.45) is 11.8 Å². The number of likely N-dealkylation sites (N-methyl/N-ethyl adjacent to an activating group) is 1. The van der Waals surface area contributed by atoms with Gasteiger partial charge in [0, 0.05) is 25.2 Å². The maximum atomic E-state index is 3.75. The molecule has 2 heteroatoms. The molecular formula is C15H32N2. The van der Waals surface area contributed by atoms with Crippen LogP contribution in [0.5, 0.6) is 0 Å². The highest BCUT2D eigenvalue weighted by Gasteiger charge is 2.23. The number of rotatable bonds is 6. The zero-order chi connectivity index (χ0) is 12.8. The van der Waals surface area contributed by atoms with Crippen LogP contribution in [0.25, 0.3) is 0 Å². The molecule has 0 amide bonds. The van der Waals surface area contributed by atoms with Crippen molar-refractivity contribution in [1.82, 2.24) is 10.2 Å². The van der Waals surface area contributed by atoms with Gasteiger partial charge in [-0.2, -0.15) is 0 Å². The summed E-state index contributed by atoms with van der Waals surface area (Å²) in [6, 6.07) is 1.43. The summed E-state index contributed by atoms with van der Waals surface area (Å²) >= 11 is 0. The zero-order valence-corrected chi connectivity index (χ0v) is 12.5. The molecule has 1 saturated carbocycles. The first-order valence-corrected chi connectivity index (χ1v) is 7.44. The van der Waals surface area contributed by atoms with Gasteiger partial charge in [0.25, 0.3) is 0 Å². The lowest BCUT2D eigenvalue weighted by Gasteiger charge is -2.33. The third-order valence-corrected chi connectivity index (χ3v) is 4.44. The van der Waals surface area contributed by atoms with Gasteiger partial charge in [-0.1, -0.05) is 26.7 Å². The van der Waals surface area contributed by atoms with Crippen molar-refractivity contribution in [2.75, 3.05) is 20.1 Å². The highest BCUT2D eigenvalue weighted by Crippen LogP contribution is 2.29. The Kier molecular flexibility index (Phi) is 6.50. The molecule has 2 nitrogen and oxygen atoms in total. The fraction of sp³-hybridized carbons (Fsp3) is 1.00. The second kappa shape index (κ2) is 7.38. The lowest BCUT2D eigenvalue weighted by Crippen LogP contribution is -2.40. The van der Waals surface area contributed by atoms with E-state index in [1.165, 1.54) is 32.2 Å². The first-order chi connectivity index (χ1) is 8.00. The summed E-state index contributed by atoms with van der Waals surface area (Å²) in [5, 5.41) is 3.75. The van der Waals surface area contributed by atoms with Crippen LogP contribution in [0.15, 0.2) is 0 Å². The fourth-order valence-corrected chi connectivity index (χ4v) is 2.72. The van der Waals surface area contributed by atoms with Crippen molar-refractivity contribution in [3.8, 4) is 0 Å².